The normalized spacial score (nSPS) is 12.2. The first-order valence-electron chi connectivity index (χ1n) is 9.68. The van der Waals surface area contributed by atoms with Crippen molar-refractivity contribution in [2.45, 2.75) is 33.0 Å². The number of hydrogen-bond donors (Lipinski definition) is 3. The summed E-state index contributed by atoms with van der Waals surface area (Å²) < 4.78 is 1.93. The van der Waals surface area contributed by atoms with Gasteiger partial charge in [0, 0.05) is 13.6 Å². The number of hydrogen-bond acceptors (Lipinski definition) is 4. The highest BCUT2D eigenvalue weighted by Gasteiger charge is 2.10. The van der Waals surface area contributed by atoms with Gasteiger partial charge in [0.2, 0.25) is 0 Å². The van der Waals surface area contributed by atoms with Gasteiger partial charge in [-0.15, -0.1) is 34.2 Å². The maximum Gasteiger partial charge on any atom is 0.192 e. The fourth-order valence-electron chi connectivity index (χ4n) is 2.88. The standard InChI is InChI=1S/C22H28N6O.HI/c1-16-8-7-11-19(12-16)20(29)14-24-22(23-13-18-9-5-4-6-10-18)25-15-21-27-26-17(2)28(21)3;/h4-12,20,29H,13-15H2,1-3H3,(H2,23,24,25);1H. The van der Waals surface area contributed by atoms with E-state index < -0.39 is 6.10 Å². The van der Waals surface area contributed by atoms with Crippen molar-refractivity contribution in [2.75, 3.05) is 6.54 Å². The number of aliphatic hydroxyl groups is 1. The first kappa shape index (κ1) is 23.8. The Hall–Kier alpha value is -2.46. The van der Waals surface area contributed by atoms with Gasteiger partial charge < -0.3 is 20.3 Å². The minimum atomic E-state index is -0.629. The Morgan fingerprint density at radius 3 is 2.50 bits per heavy atom. The molecule has 3 N–H and O–H groups in total. The van der Waals surface area contributed by atoms with E-state index in [0.29, 0.717) is 25.6 Å². The van der Waals surface area contributed by atoms with Crippen LogP contribution in [0.1, 0.15) is 34.4 Å². The van der Waals surface area contributed by atoms with Gasteiger partial charge in [0.05, 0.1) is 19.2 Å². The zero-order valence-corrected chi connectivity index (χ0v) is 19.9. The molecular formula is C22H29IN6O. The molecule has 0 saturated carbocycles. The minimum absolute atomic E-state index is 0. The highest BCUT2D eigenvalue weighted by atomic mass is 127. The zero-order valence-electron chi connectivity index (χ0n) is 17.5. The molecule has 2 aromatic carbocycles. The molecular weight excluding hydrogens is 491 g/mol. The second-order valence-electron chi connectivity index (χ2n) is 7.04. The van der Waals surface area contributed by atoms with Crippen LogP contribution in [-0.4, -0.2) is 32.4 Å². The van der Waals surface area contributed by atoms with Crippen LogP contribution in [0.2, 0.25) is 0 Å². The fraction of sp³-hybridized carbons (Fsp3) is 0.318. The van der Waals surface area contributed by atoms with Crippen molar-refractivity contribution in [2.24, 2.45) is 12.0 Å². The van der Waals surface area contributed by atoms with Crippen molar-refractivity contribution in [3.05, 3.63) is 82.9 Å². The van der Waals surface area contributed by atoms with Gasteiger partial charge in [0.1, 0.15) is 5.82 Å². The first-order chi connectivity index (χ1) is 14.0. The smallest absolute Gasteiger partial charge is 0.192 e. The van der Waals surface area contributed by atoms with Gasteiger partial charge in [0.15, 0.2) is 11.8 Å². The molecule has 1 heterocycles. The Morgan fingerprint density at radius 1 is 1.07 bits per heavy atom. The molecule has 0 aliphatic rings. The third-order valence-corrected chi connectivity index (χ3v) is 4.75. The van der Waals surface area contributed by atoms with Gasteiger partial charge in [-0.05, 0) is 25.0 Å². The maximum atomic E-state index is 10.5. The maximum absolute atomic E-state index is 10.5. The molecule has 0 bridgehead atoms. The lowest BCUT2D eigenvalue weighted by Gasteiger charge is -2.16. The Labute approximate surface area is 194 Å². The predicted octanol–water partition coefficient (Wildman–Crippen LogP) is 3.02. The third kappa shape index (κ3) is 6.81. The molecule has 0 fully saturated rings. The van der Waals surface area contributed by atoms with Crippen LogP contribution in [0.4, 0.5) is 0 Å². The summed E-state index contributed by atoms with van der Waals surface area (Å²) in [6.45, 7) is 5.30. The average molecular weight is 520 g/mol. The molecule has 0 aliphatic carbocycles. The van der Waals surface area contributed by atoms with Crippen LogP contribution in [0.25, 0.3) is 0 Å². The van der Waals surface area contributed by atoms with Crippen molar-refractivity contribution >= 4 is 29.9 Å². The van der Waals surface area contributed by atoms with E-state index in [4.69, 9.17) is 0 Å². The lowest BCUT2D eigenvalue weighted by atomic mass is 10.1. The number of aromatic nitrogens is 3. The molecule has 160 valence electrons. The summed E-state index contributed by atoms with van der Waals surface area (Å²) in [5, 5.41) is 25.3. The molecule has 1 atom stereocenters. The first-order valence-corrected chi connectivity index (χ1v) is 9.68. The van der Waals surface area contributed by atoms with E-state index in [-0.39, 0.29) is 24.0 Å². The summed E-state index contributed by atoms with van der Waals surface area (Å²) in [6, 6.07) is 17.9. The molecule has 0 amide bonds. The largest absolute Gasteiger partial charge is 0.387 e. The third-order valence-electron chi connectivity index (χ3n) is 4.75. The van der Waals surface area contributed by atoms with Crippen molar-refractivity contribution in [3.8, 4) is 0 Å². The van der Waals surface area contributed by atoms with E-state index >= 15 is 0 Å². The van der Waals surface area contributed by atoms with Crippen molar-refractivity contribution in [1.82, 2.24) is 25.4 Å². The quantitative estimate of drug-likeness (QED) is 0.253. The molecule has 30 heavy (non-hydrogen) atoms. The van der Waals surface area contributed by atoms with E-state index in [9.17, 15) is 5.11 Å². The van der Waals surface area contributed by atoms with Gasteiger partial charge in [-0.2, -0.15) is 0 Å². The number of aliphatic imine (C=N–C) groups is 1. The van der Waals surface area contributed by atoms with Crippen LogP contribution in [0.5, 0.6) is 0 Å². The Bertz CT molecular complexity index is 957. The van der Waals surface area contributed by atoms with Crippen molar-refractivity contribution < 1.29 is 5.11 Å². The van der Waals surface area contributed by atoms with Gasteiger partial charge in [0.25, 0.3) is 0 Å². The molecule has 0 radical (unpaired) electrons. The van der Waals surface area contributed by atoms with E-state index in [1.165, 1.54) is 0 Å². The molecule has 1 unspecified atom stereocenters. The molecule has 0 spiro atoms. The number of nitrogens with zero attached hydrogens (tertiary/aromatic N) is 4. The molecule has 3 rings (SSSR count). The summed E-state index contributed by atoms with van der Waals surface area (Å²) >= 11 is 0. The second-order valence-corrected chi connectivity index (χ2v) is 7.04. The number of nitrogens with one attached hydrogen (secondary N) is 2. The molecule has 8 heteroatoms. The van der Waals surface area contributed by atoms with Gasteiger partial charge in [-0.1, -0.05) is 60.2 Å². The Morgan fingerprint density at radius 2 is 1.83 bits per heavy atom. The number of halogens is 1. The van der Waals surface area contributed by atoms with Gasteiger partial charge >= 0.3 is 0 Å². The summed E-state index contributed by atoms with van der Waals surface area (Å²) in [5.41, 5.74) is 3.11. The van der Waals surface area contributed by atoms with Crippen LogP contribution in [0.3, 0.4) is 0 Å². The van der Waals surface area contributed by atoms with Crippen molar-refractivity contribution in [3.63, 3.8) is 0 Å². The van der Waals surface area contributed by atoms with Crippen LogP contribution in [-0.2, 0) is 20.1 Å². The van der Waals surface area contributed by atoms with Crippen LogP contribution in [0.15, 0.2) is 59.6 Å². The summed E-state index contributed by atoms with van der Waals surface area (Å²) in [4.78, 5) is 4.65. The number of aryl methyl sites for hydroxylation is 2. The van der Waals surface area contributed by atoms with Crippen molar-refractivity contribution in [1.29, 1.82) is 0 Å². The summed E-state index contributed by atoms with van der Waals surface area (Å²) in [6.07, 6.45) is -0.629. The average Bonchev–Trinajstić information content (AvgIpc) is 3.06. The highest BCUT2D eigenvalue weighted by molar-refractivity contribution is 14.0. The van der Waals surface area contributed by atoms with E-state index in [2.05, 4.69) is 25.8 Å². The van der Waals surface area contributed by atoms with Crippen LogP contribution < -0.4 is 10.6 Å². The van der Waals surface area contributed by atoms with Crippen LogP contribution >= 0.6 is 24.0 Å². The van der Waals surface area contributed by atoms with E-state index in [0.717, 1.165) is 28.3 Å². The number of rotatable bonds is 7. The van der Waals surface area contributed by atoms with E-state index in [1.54, 1.807) is 0 Å². The lowest BCUT2D eigenvalue weighted by Crippen LogP contribution is -2.39. The molecule has 0 saturated heterocycles. The van der Waals surface area contributed by atoms with Crippen LogP contribution in [0, 0.1) is 13.8 Å². The van der Waals surface area contributed by atoms with Gasteiger partial charge in [-0.3, -0.25) is 0 Å². The fourth-order valence-corrected chi connectivity index (χ4v) is 2.88. The minimum Gasteiger partial charge on any atom is -0.387 e. The Balaban J connectivity index is 0.00000320. The molecule has 7 nitrogen and oxygen atoms in total. The number of benzene rings is 2. The van der Waals surface area contributed by atoms with E-state index in [1.807, 2.05) is 80.1 Å². The highest BCUT2D eigenvalue weighted by Crippen LogP contribution is 2.13. The summed E-state index contributed by atoms with van der Waals surface area (Å²) in [5.74, 6) is 2.28. The Kier molecular flexibility index (Phi) is 9.25. The number of aliphatic hydroxyl groups excluding tert-OH is 1. The molecule has 0 aliphatic heterocycles. The SMILES string of the molecule is Cc1cccc(C(O)CNC(=NCc2ccccc2)NCc2nnc(C)n2C)c1.I. The zero-order chi connectivity index (χ0) is 20.6. The molecule has 1 aromatic heterocycles. The topological polar surface area (TPSA) is 87.4 Å². The second kappa shape index (κ2) is 11.7. The van der Waals surface area contributed by atoms with Gasteiger partial charge in [-0.25, -0.2) is 4.99 Å². The molecule has 3 aromatic rings. The summed E-state index contributed by atoms with van der Waals surface area (Å²) in [7, 11) is 1.93. The number of guanidine groups is 1. The predicted molar refractivity (Wildman–Crippen MR) is 130 cm³/mol. The monoisotopic (exact) mass is 520 g/mol. The lowest BCUT2D eigenvalue weighted by molar-refractivity contribution is 0.180.